The van der Waals surface area contributed by atoms with Gasteiger partial charge in [-0.2, -0.15) is 0 Å². The van der Waals surface area contributed by atoms with Crippen molar-refractivity contribution in [3.05, 3.63) is 94.7 Å². The molecule has 1 aromatic heterocycles. The molecule has 0 bridgehead atoms. The van der Waals surface area contributed by atoms with E-state index in [1.54, 1.807) is 0 Å². The van der Waals surface area contributed by atoms with Crippen LogP contribution in [-0.4, -0.2) is 44.1 Å². The maximum absolute atomic E-state index is 13.8. The number of ether oxygens (including phenoxy) is 1. The number of amides is 1. The Morgan fingerprint density at radius 1 is 0.872 bits per heavy atom. The maximum Gasteiger partial charge on any atom is 0.258 e. The molecule has 0 atom stereocenters. The Hall–Kier alpha value is -3.83. The highest BCUT2D eigenvalue weighted by Crippen LogP contribution is 2.49. The third kappa shape index (κ3) is 4.07. The summed E-state index contributed by atoms with van der Waals surface area (Å²) in [4.78, 5) is 18.2. The molecule has 3 aliphatic heterocycles. The lowest BCUT2D eigenvalue weighted by atomic mass is 9.74. The number of hydrogen-bond acceptors (Lipinski definition) is 4. The van der Waals surface area contributed by atoms with Crippen LogP contribution in [0.25, 0.3) is 22.5 Å². The maximum atomic E-state index is 13.8. The van der Waals surface area contributed by atoms with Gasteiger partial charge in [-0.05, 0) is 112 Å². The number of carbonyl (C=O) groups is 1. The number of rotatable bonds is 3. The number of fused-ring (bicyclic) bond motifs is 3. The van der Waals surface area contributed by atoms with Gasteiger partial charge in [0, 0.05) is 34.3 Å². The highest BCUT2D eigenvalue weighted by atomic mass is 16.5. The number of anilines is 1. The minimum absolute atomic E-state index is 0.0724. The van der Waals surface area contributed by atoms with Crippen LogP contribution in [0.3, 0.4) is 0 Å². The van der Waals surface area contributed by atoms with Crippen molar-refractivity contribution in [2.75, 3.05) is 38.2 Å². The normalized spacial score (nSPS) is 17.8. The SMILES string of the molecule is Cc1ccc(-c2ccc(-c3ccc(C(=O)N4CCc5cc6c(cc54)C4(CCN(C)CC4)CO6)cc3C)cc2)o1. The number of aryl methyl sites for hydroxylation is 2. The van der Waals surface area contributed by atoms with Crippen molar-refractivity contribution in [2.24, 2.45) is 0 Å². The molecule has 198 valence electrons. The van der Waals surface area contributed by atoms with Crippen LogP contribution in [0.2, 0.25) is 0 Å². The van der Waals surface area contributed by atoms with Crippen LogP contribution >= 0.6 is 0 Å². The van der Waals surface area contributed by atoms with Crippen molar-refractivity contribution >= 4 is 11.6 Å². The predicted octanol–water partition coefficient (Wildman–Crippen LogP) is 6.79. The molecule has 3 aromatic carbocycles. The smallest absolute Gasteiger partial charge is 0.258 e. The van der Waals surface area contributed by atoms with Gasteiger partial charge in [-0.3, -0.25) is 4.79 Å². The van der Waals surface area contributed by atoms with E-state index in [0.29, 0.717) is 6.54 Å². The summed E-state index contributed by atoms with van der Waals surface area (Å²) in [7, 11) is 2.19. The first kappa shape index (κ1) is 24.2. The molecule has 4 heterocycles. The molecule has 1 amide bonds. The highest BCUT2D eigenvalue weighted by molar-refractivity contribution is 6.08. The molecule has 1 saturated heterocycles. The van der Waals surface area contributed by atoms with Crippen molar-refractivity contribution in [3.8, 4) is 28.2 Å². The van der Waals surface area contributed by atoms with Gasteiger partial charge < -0.3 is 19.0 Å². The van der Waals surface area contributed by atoms with Crippen molar-refractivity contribution in [1.29, 1.82) is 0 Å². The Balaban J connectivity index is 1.14. The second-order valence-electron chi connectivity index (χ2n) is 11.6. The first-order chi connectivity index (χ1) is 18.9. The summed E-state index contributed by atoms with van der Waals surface area (Å²) in [6.45, 7) is 7.68. The van der Waals surface area contributed by atoms with Gasteiger partial charge in [0.2, 0.25) is 0 Å². The molecule has 1 fully saturated rings. The number of hydrogen-bond donors (Lipinski definition) is 0. The van der Waals surface area contributed by atoms with E-state index in [0.717, 1.165) is 89.7 Å². The van der Waals surface area contributed by atoms with E-state index < -0.39 is 0 Å². The molecule has 3 aliphatic rings. The summed E-state index contributed by atoms with van der Waals surface area (Å²) in [5.41, 5.74) is 8.81. The van der Waals surface area contributed by atoms with Gasteiger partial charge >= 0.3 is 0 Å². The van der Waals surface area contributed by atoms with Gasteiger partial charge in [0.1, 0.15) is 17.3 Å². The number of furan rings is 1. The Kier molecular flexibility index (Phi) is 5.67. The largest absolute Gasteiger partial charge is 0.492 e. The van der Waals surface area contributed by atoms with E-state index in [-0.39, 0.29) is 11.3 Å². The molecule has 0 N–H and O–H groups in total. The van der Waals surface area contributed by atoms with Crippen LogP contribution in [-0.2, 0) is 11.8 Å². The number of nitrogens with zero attached hydrogens (tertiary/aromatic N) is 2. The Morgan fingerprint density at radius 3 is 2.36 bits per heavy atom. The van der Waals surface area contributed by atoms with E-state index >= 15 is 0 Å². The summed E-state index contributed by atoms with van der Waals surface area (Å²) in [5, 5.41) is 0. The van der Waals surface area contributed by atoms with Crippen LogP contribution in [0.4, 0.5) is 5.69 Å². The lowest BCUT2D eigenvalue weighted by molar-refractivity contribution is 0.0989. The zero-order valence-electron chi connectivity index (χ0n) is 22.9. The fourth-order valence-corrected chi connectivity index (χ4v) is 6.59. The molecule has 39 heavy (non-hydrogen) atoms. The van der Waals surface area contributed by atoms with E-state index in [2.05, 4.69) is 61.3 Å². The van der Waals surface area contributed by atoms with Crippen molar-refractivity contribution in [1.82, 2.24) is 4.90 Å². The van der Waals surface area contributed by atoms with E-state index in [1.807, 2.05) is 36.1 Å². The number of likely N-dealkylation sites (tertiary alicyclic amines) is 1. The second kappa shape index (κ2) is 9.13. The van der Waals surface area contributed by atoms with E-state index in [4.69, 9.17) is 9.15 Å². The average Bonchev–Trinajstić information content (AvgIpc) is 3.66. The number of benzene rings is 3. The molecule has 0 aliphatic carbocycles. The molecular formula is C34H34N2O3. The lowest BCUT2D eigenvalue weighted by Crippen LogP contribution is -2.42. The monoisotopic (exact) mass is 518 g/mol. The second-order valence-corrected chi connectivity index (χ2v) is 11.6. The fraction of sp³-hybridized carbons (Fsp3) is 0.324. The zero-order chi connectivity index (χ0) is 26.7. The summed E-state index contributed by atoms with van der Waals surface area (Å²) < 4.78 is 12.0. The first-order valence-corrected chi connectivity index (χ1v) is 14.0. The number of carbonyl (C=O) groups excluding carboxylic acids is 1. The van der Waals surface area contributed by atoms with Crippen LogP contribution in [0.1, 0.15) is 45.7 Å². The van der Waals surface area contributed by atoms with Crippen LogP contribution in [0, 0.1) is 13.8 Å². The summed E-state index contributed by atoms with van der Waals surface area (Å²) in [5.74, 6) is 2.88. The molecule has 5 nitrogen and oxygen atoms in total. The van der Waals surface area contributed by atoms with Gasteiger partial charge in [-0.25, -0.2) is 0 Å². The number of piperidine rings is 1. The average molecular weight is 519 g/mol. The molecule has 0 radical (unpaired) electrons. The molecule has 5 heteroatoms. The Bertz CT molecular complexity index is 1570. The van der Waals surface area contributed by atoms with Gasteiger partial charge in [0.15, 0.2) is 0 Å². The molecular weight excluding hydrogens is 484 g/mol. The van der Waals surface area contributed by atoms with Gasteiger partial charge in [-0.1, -0.05) is 30.3 Å². The Morgan fingerprint density at radius 2 is 1.64 bits per heavy atom. The van der Waals surface area contributed by atoms with Gasteiger partial charge in [0.05, 0.1) is 6.61 Å². The minimum Gasteiger partial charge on any atom is -0.492 e. The third-order valence-electron chi connectivity index (χ3n) is 9.04. The first-order valence-electron chi connectivity index (χ1n) is 14.0. The third-order valence-corrected chi connectivity index (χ3v) is 9.04. The topological polar surface area (TPSA) is 45.9 Å². The van der Waals surface area contributed by atoms with E-state index in [1.165, 1.54) is 11.1 Å². The fourth-order valence-electron chi connectivity index (χ4n) is 6.59. The highest BCUT2D eigenvalue weighted by Gasteiger charge is 2.44. The predicted molar refractivity (Wildman–Crippen MR) is 155 cm³/mol. The lowest BCUT2D eigenvalue weighted by Gasteiger charge is -2.37. The molecule has 0 saturated carbocycles. The Labute approximate surface area is 230 Å². The van der Waals surface area contributed by atoms with Gasteiger partial charge in [-0.15, -0.1) is 0 Å². The standard InChI is InChI=1S/C34H34N2O3/c1-22-18-27(9-10-28(22)24-5-7-25(8-6-24)31-11-4-23(2)39-31)33(37)36-15-12-26-19-32-29(20-30(26)36)34(21-38-32)13-16-35(3)17-14-34/h4-11,18-20H,12-17,21H2,1-3H3. The van der Waals surface area contributed by atoms with Crippen molar-refractivity contribution < 1.29 is 13.9 Å². The quantitative estimate of drug-likeness (QED) is 0.300. The van der Waals surface area contributed by atoms with Gasteiger partial charge in [0.25, 0.3) is 5.91 Å². The zero-order valence-corrected chi connectivity index (χ0v) is 22.9. The summed E-state index contributed by atoms with van der Waals surface area (Å²) in [6, 6.07) is 23.0. The van der Waals surface area contributed by atoms with Crippen LogP contribution in [0.15, 0.2) is 71.1 Å². The van der Waals surface area contributed by atoms with Crippen molar-refractivity contribution in [3.63, 3.8) is 0 Å². The van der Waals surface area contributed by atoms with E-state index in [9.17, 15) is 4.79 Å². The molecule has 1 spiro atoms. The molecule has 4 aromatic rings. The summed E-state index contributed by atoms with van der Waals surface area (Å²) >= 11 is 0. The molecule has 0 unspecified atom stereocenters. The minimum atomic E-state index is 0.0724. The van der Waals surface area contributed by atoms with Crippen LogP contribution < -0.4 is 9.64 Å². The summed E-state index contributed by atoms with van der Waals surface area (Å²) in [6.07, 6.45) is 3.07. The van der Waals surface area contributed by atoms with Crippen molar-refractivity contribution in [2.45, 2.75) is 38.5 Å². The molecule has 7 rings (SSSR count). The van der Waals surface area contributed by atoms with Crippen LogP contribution in [0.5, 0.6) is 5.75 Å².